The summed E-state index contributed by atoms with van der Waals surface area (Å²) in [5.74, 6) is 0.466. The number of carbonyl (C=O) groups excluding carboxylic acids is 1. The molecule has 1 amide bonds. The highest BCUT2D eigenvalue weighted by Gasteiger charge is 2.00. The van der Waals surface area contributed by atoms with Crippen LogP contribution in [0.3, 0.4) is 0 Å². The molecule has 0 heterocycles. The fraction of sp³-hybridized carbons (Fsp3) is 0.118. The molecule has 0 bridgehead atoms. The number of rotatable bonds is 5. The average Bonchev–Trinajstić information content (AvgIpc) is 2.52. The fourth-order valence-electron chi connectivity index (χ4n) is 1.80. The first kappa shape index (κ1) is 15.1. The Labute approximate surface area is 129 Å². The van der Waals surface area contributed by atoms with E-state index in [0.717, 1.165) is 11.1 Å². The van der Waals surface area contributed by atoms with Gasteiger partial charge in [0.2, 0.25) is 5.91 Å². The van der Waals surface area contributed by atoms with Crippen molar-refractivity contribution in [3.8, 4) is 5.75 Å². The van der Waals surface area contributed by atoms with Gasteiger partial charge in [0.15, 0.2) is 0 Å². The zero-order chi connectivity index (χ0) is 15.1. The number of ether oxygens (including phenoxy) is 1. The van der Waals surface area contributed by atoms with E-state index in [1.807, 2.05) is 36.4 Å². The van der Waals surface area contributed by atoms with Crippen molar-refractivity contribution in [2.45, 2.75) is 6.54 Å². The van der Waals surface area contributed by atoms with Gasteiger partial charge in [-0.15, -0.1) is 0 Å². The van der Waals surface area contributed by atoms with Crippen molar-refractivity contribution < 1.29 is 9.53 Å². The van der Waals surface area contributed by atoms with Gasteiger partial charge in [-0.3, -0.25) is 4.79 Å². The van der Waals surface area contributed by atoms with E-state index in [9.17, 15) is 4.79 Å². The molecule has 2 aromatic rings. The predicted octanol–water partition coefficient (Wildman–Crippen LogP) is 3.68. The fourth-order valence-corrected chi connectivity index (χ4v) is 2.07. The molecule has 0 atom stereocenters. The average molecular weight is 302 g/mol. The predicted molar refractivity (Wildman–Crippen MR) is 85.3 cm³/mol. The maximum atomic E-state index is 11.7. The molecule has 3 nitrogen and oxygen atoms in total. The third kappa shape index (κ3) is 4.65. The van der Waals surface area contributed by atoms with Gasteiger partial charge in [0.25, 0.3) is 0 Å². The summed E-state index contributed by atoms with van der Waals surface area (Å²) in [4.78, 5) is 11.7. The Morgan fingerprint density at radius 1 is 1.24 bits per heavy atom. The third-order valence-electron chi connectivity index (χ3n) is 2.91. The zero-order valence-corrected chi connectivity index (χ0v) is 12.4. The minimum atomic E-state index is -0.147. The summed E-state index contributed by atoms with van der Waals surface area (Å²) in [6.07, 6.45) is 3.20. The van der Waals surface area contributed by atoms with Crippen LogP contribution in [0.2, 0.25) is 5.02 Å². The molecular weight excluding hydrogens is 286 g/mol. The van der Waals surface area contributed by atoms with Gasteiger partial charge in [0, 0.05) is 12.6 Å². The van der Waals surface area contributed by atoms with E-state index < -0.39 is 0 Å². The summed E-state index contributed by atoms with van der Waals surface area (Å²) in [6.45, 7) is 0.507. The van der Waals surface area contributed by atoms with Crippen molar-refractivity contribution in [2.24, 2.45) is 0 Å². The molecule has 0 fully saturated rings. The molecule has 4 heteroatoms. The molecule has 0 spiro atoms. The molecule has 2 aromatic carbocycles. The molecule has 0 saturated heterocycles. The van der Waals surface area contributed by atoms with Crippen molar-refractivity contribution in [2.75, 3.05) is 7.11 Å². The van der Waals surface area contributed by atoms with Crippen LogP contribution in [0.15, 0.2) is 54.6 Å². The number of amides is 1. The second-order valence-electron chi connectivity index (χ2n) is 4.43. The van der Waals surface area contributed by atoms with Gasteiger partial charge in [-0.05, 0) is 29.3 Å². The molecule has 0 aliphatic rings. The van der Waals surface area contributed by atoms with Gasteiger partial charge in [-0.1, -0.05) is 48.0 Å². The topological polar surface area (TPSA) is 38.3 Å². The Kier molecular flexibility index (Phi) is 5.41. The SMILES string of the molecule is COc1ccc(/C=C/C(=O)NCc2ccccc2)cc1Cl. The number of hydrogen-bond acceptors (Lipinski definition) is 2. The number of carbonyl (C=O) groups is 1. The lowest BCUT2D eigenvalue weighted by atomic mass is 10.2. The first-order chi connectivity index (χ1) is 10.2. The molecule has 0 unspecified atom stereocenters. The number of nitrogens with one attached hydrogen (secondary N) is 1. The molecule has 0 saturated carbocycles. The molecule has 0 aliphatic carbocycles. The van der Waals surface area contributed by atoms with Crippen LogP contribution in [0, 0.1) is 0 Å². The lowest BCUT2D eigenvalue weighted by Crippen LogP contribution is -2.20. The first-order valence-electron chi connectivity index (χ1n) is 6.52. The van der Waals surface area contributed by atoms with Gasteiger partial charge in [-0.2, -0.15) is 0 Å². The summed E-state index contributed by atoms with van der Waals surface area (Å²) in [6, 6.07) is 15.1. The maximum Gasteiger partial charge on any atom is 0.244 e. The third-order valence-corrected chi connectivity index (χ3v) is 3.21. The van der Waals surface area contributed by atoms with Crippen LogP contribution in [0.25, 0.3) is 6.08 Å². The van der Waals surface area contributed by atoms with Crippen molar-refractivity contribution in [1.82, 2.24) is 5.32 Å². The monoisotopic (exact) mass is 301 g/mol. The molecule has 21 heavy (non-hydrogen) atoms. The number of halogens is 1. The Morgan fingerprint density at radius 3 is 2.67 bits per heavy atom. The van der Waals surface area contributed by atoms with E-state index in [4.69, 9.17) is 16.3 Å². The van der Waals surface area contributed by atoms with Gasteiger partial charge in [0.1, 0.15) is 5.75 Å². The van der Waals surface area contributed by atoms with Crippen molar-refractivity contribution >= 4 is 23.6 Å². The minimum Gasteiger partial charge on any atom is -0.495 e. The summed E-state index contributed by atoms with van der Waals surface area (Å²) < 4.78 is 5.08. The quantitative estimate of drug-likeness (QED) is 0.856. The molecule has 1 N–H and O–H groups in total. The van der Waals surface area contributed by atoms with Crippen molar-refractivity contribution in [1.29, 1.82) is 0 Å². The van der Waals surface area contributed by atoms with E-state index in [1.165, 1.54) is 6.08 Å². The number of methoxy groups -OCH3 is 1. The number of benzene rings is 2. The van der Waals surface area contributed by atoms with Crippen LogP contribution in [-0.4, -0.2) is 13.0 Å². The Morgan fingerprint density at radius 2 is 2.00 bits per heavy atom. The minimum absolute atomic E-state index is 0.147. The van der Waals surface area contributed by atoms with Crippen LogP contribution >= 0.6 is 11.6 Å². The summed E-state index contributed by atoms with van der Waals surface area (Å²) in [5.41, 5.74) is 1.91. The van der Waals surface area contributed by atoms with Crippen LogP contribution in [0.1, 0.15) is 11.1 Å². The lowest BCUT2D eigenvalue weighted by molar-refractivity contribution is -0.116. The van der Waals surface area contributed by atoms with Gasteiger partial charge in [0.05, 0.1) is 12.1 Å². The van der Waals surface area contributed by atoms with E-state index in [-0.39, 0.29) is 5.91 Å². The van der Waals surface area contributed by atoms with Gasteiger partial charge >= 0.3 is 0 Å². The normalized spacial score (nSPS) is 10.6. The van der Waals surface area contributed by atoms with E-state index in [1.54, 1.807) is 25.3 Å². The van der Waals surface area contributed by atoms with Crippen LogP contribution in [0.5, 0.6) is 5.75 Å². The Hall–Kier alpha value is -2.26. The molecule has 2 rings (SSSR count). The lowest BCUT2D eigenvalue weighted by Gasteiger charge is -2.03. The van der Waals surface area contributed by atoms with E-state index >= 15 is 0 Å². The smallest absolute Gasteiger partial charge is 0.244 e. The highest BCUT2D eigenvalue weighted by atomic mass is 35.5. The first-order valence-corrected chi connectivity index (χ1v) is 6.90. The van der Waals surface area contributed by atoms with E-state index in [2.05, 4.69) is 5.32 Å². The zero-order valence-electron chi connectivity index (χ0n) is 11.7. The van der Waals surface area contributed by atoms with Crippen molar-refractivity contribution in [3.63, 3.8) is 0 Å². The highest BCUT2D eigenvalue weighted by molar-refractivity contribution is 6.32. The van der Waals surface area contributed by atoms with Gasteiger partial charge < -0.3 is 10.1 Å². The van der Waals surface area contributed by atoms with Crippen molar-refractivity contribution in [3.05, 3.63) is 70.8 Å². The largest absolute Gasteiger partial charge is 0.495 e. The number of hydrogen-bond donors (Lipinski definition) is 1. The maximum absolute atomic E-state index is 11.7. The molecule has 0 radical (unpaired) electrons. The second kappa shape index (κ2) is 7.50. The summed E-state index contributed by atoms with van der Waals surface area (Å²) >= 11 is 6.03. The molecule has 108 valence electrons. The summed E-state index contributed by atoms with van der Waals surface area (Å²) in [5, 5.41) is 3.34. The Bertz CT molecular complexity index is 638. The highest BCUT2D eigenvalue weighted by Crippen LogP contribution is 2.25. The molecule has 0 aliphatic heterocycles. The van der Waals surface area contributed by atoms with Crippen LogP contribution in [0.4, 0.5) is 0 Å². The van der Waals surface area contributed by atoms with Crippen LogP contribution < -0.4 is 10.1 Å². The second-order valence-corrected chi connectivity index (χ2v) is 4.84. The standard InChI is InChI=1S/C17H16ClNO2/c1-21-16-9-7-13(11-15(16)18)8-10-17(20)19-12-14-5-3-2-4-6-14/h2-11H,12H2,1H3,(H,19,20)/b10-8+. The van der Waals surface area contributed by atoms with Crippen LogP contribution in [-0.2, 0) is 11.3 Å². The Balaban J connectivity index is 1.91. The summed E-state index contributed by atoms with van der Waals surface area (Å²) in [7, 11) is 1.56. The van der Waals surface area contributed by atoms with E-state index in [0.29, 0.717) is 17.3 Å². The van der Waals surface area contributed by atoms with Gasteiger partial charge in [-0.25, -0.2) is 0 Å². The molecule has 0 aromatic heterocycles. The molecular formula is C17H16ClNO2.